The van der Waals surface area contributed by atoms with E-state index in [2.05, 4.69) is 0 Å². The van der Waals surface area contributed by atoms with Crippen LogP contribution in [0.5, 0.6) is 5.75 Å². The van der Waals surface area contributed by atoms with Crippen molar-refractivity contribution in [2.24, 2.45) is 0 Å². The first-order valence-electron chi connectivity index (χ1n) is 5.50. The molecule has 0 spiro atoms. The van der Waals surface area contributed by atoms with Crippen molar-refractivity contribution in [1.29, 1.82) is 0 Å². The van der Waals surface area contributed by atoms with Gasteiger partial charge in [-0.25, -0.2) is 0 Å². The highest BCUT2D eigenvalue weighted by atomic mass is 35.5. The molecule has 0 aliphatic carbocycles. The van der Waals surface area contributed by atoms with E-state index in [9.17, 15) is 23.1 Å². The van der Waals surface area contributed by atoms with Crippen molar-refractivity contribution in [3.8, 4) is 11.4 Å². The summed E-state index contributed by atoms with van der Waals surface area (Å²) in [4.78, 5) is 11.8. The maximum Gasteiger partial charge on any atom is 0.417 e. The van der Waals surface area contributed by atoms with Gasteiger partial charge < -0.3 is 5.11 Å². The summed E-state index contributed by atoms with van der Waals surface area (Å²) >= 11 is 5.53. The largest absolute Gasteiger partial charge is 0.508 e. The minimum absolute atomic E-state index is 0.0317. The van der Waals surface area contributed by atoms with Crippen molar-refractivity contribution >= 4 is 11.6 Å². The number of aromatic nitrogens is 1. The fourth-order valence-electron chi connectivity index (χ4n) is 1.89. The zero-order chi connectivity index (χ0) is 15.1. The molecule has 20 heavy (non-hydrogen) atoms. The lowest BCUT2D eigenvalue weighted by molar-refractivity contribution is -0.137. The summed E-state index contributed by atoms with van der Waals surface area (Å²) in [6, 6.07) is 5.40. The molecule has 3 nitrogen and oxygen atoms in total. The van der Waals surface area contributed by atoms with E-state index in [0.717, 1.165) is 22.8 Å². The van der Waals surface area contributed by atoms with E-state index < -0.39 is 22.3 Å². The second kappa shape index (κ2) is 4.86. The number of pyridine rings is 1. The SMILES string of the molecule is Cc1cc(O)cc(=O)n1-c1ccc(Cl)c(C(F)(F)F)c1. The van der Waals surface area contributed by atoms with Gasteiger partial charge in [-0.2, -0.15) is 13.2 Å². The van der Waals surface area contributed by atoms with Crippen LogP contribution in [0.2, 0.25) is 5.02 Å². The maximum atomic E-state index is 12.8. The monoisotopic (exact) mass is 303 g/mol. The van der Waals surface area contributed by atoms with Gasteiger partial charge in [-0.05, 0) is 31.2 Å². The highest BCUT2D eigenvalue weighted by Gasteiger charge is 2.33. The minimum atomic E-state index is -4.61. The molecular weight excluding hydrogens is 295 g/mol. The Labute approximate surface area is 116 Å². The highest BCUT2D eigenvalue weighted by molar-refractivity contribution is 6.31. The molecule has 0 saturated heterocycles. The number of rotatable bonds is 1. The molecule has 0 radical (unpaired) electrons. The molecular formula is C13H9ClF3NO2. The molecule has 1 aromatic carbocycles. The molecule has 106 valence electrons. The number of aryl methyl sites for hydroxylation is 1. The number of hydrogen-bond acceptors (Lipinski definition) is 2. The number of hydrogen-bond donors (Lipinski definition) is 1. The number of alkyl halides is 3. The molecule has 0 atom stereocenters. The van der Waals surface area contributed by atoms with Crippen molar-refractivity contribution in [3.63, 3.8) is 0 Å². The van der Waals surface area contributed by atoms with Gasteiger partial charge in [0.25, 0.3) is 5.56 Å². The second-order valence-corrected chi connectivity index (χ2v) is 4.60. The number of aromatic hydroxyl groups is 1. The predicted octanol–water partition coefficient (Wildman–Crippen LogP) is 3.52. The van der Waals surface area contributed by atoms with Gasteiger partial charge in [0, 0.05) is 17.4 Å². The Kier molecular flexibility index (Phi) is 3.52. The van der Waals surface area contributed by atoms with Gasteiger partial charge in [0.1, 0.15) is 5.75 Å². The van der Waals surface area contributed by atoms with Crippen molar-refractivity contribution in [2.45, 2.75) is 13.1 Å². The number of benzene rings is 1. The van der Waals surface area contributed by atoms with E-state index in [-0.39, 0.29) is 11.4 Å². The Bertz CT molecular complexity index is 723. The molecule has 0 aliphatic heterocycles. The lowest BCUT2D eigenvalue weighted by atomic mass is 10.1. The van der Waals surface area contributed by atoms with Crippen molar-refractivity contribution in [2.75, 3.05) is 0 Å². The maximum absolute atomic E-state index is 12.8. The standard InChI is InChI=1S/C13H9ClF3NO2/c1-7-4-9(19)6-12(20)18(7)8-2-3-11(14)10(5-8)13(15,16)17/h2-6,19H,1H3. The Morgan fingerprint density at radius 2 is 1.85 bits per heavy atom. The molecule has 1 aromatic heterocycles. The summed E-state index contributed by atoms with van der Waals surface area (Å²) in [5.41, 5.74) is -1.30. The normalized spacial score (nSPS) is 11.7. The smallest absolute Gasteiger partial charge is 0.417 e. The van der Waals surface area contributed by atoms with Crippen LogP contribution in [0.4, 0.5) is 13.2 Å². The summed E-state index contributed by atoms with van der Waals surface area (Å²) in [5.74, 6) is -0.242. The molecule has 7 heteroatoms. The third-order valence-electron chi connectivity index (χ3n) is 2.71. The van der Waals surface area contributed by atoms with Crippen LogP contribution in [0.25, 0.3) is 5.69 Å². The molecule has 0 fully saturated rings. The van der Waals surface area contributed by atoms with E-state index in [1.54, 1.807) is 0 Å². The van der Waals surface area contributed by atoms with E-state index in [1.807, 2.05) is 0 Å². The van der Waals surface area contributed by atoms with E-state index in [1.165, 1.54) is 19.1 Å². The summed E-state index contributed by atoms with van der Waals surface area (Å²) < 4.78 is 39.5. The van der Waals surface area contributed by atoms with Crippen molar-refractivity contribution in [1.82, 2.24) is 4.57 Å². The van der Waals surface area contributed by atoms with Crippen molar-refractivity contribution < 1.29 is 18.3 Å². The molecule has 0 aliphatic rings. The lowest BCUT2D eigenvalue weighted by Crippen LogP contribution is -2.20. The zero-order valence-electron chi connectivity index (χ0n) is 10.2. The Balaban J connectivity index is 2.70. The van der Waals surface area contributed by atoms with E-state index >= 15 is 0 Å². The molecule has 1 N–H and O–H groups in total. The minimum Gasteiger partial charge on any atom is -0.508 e. The third kappa shape index (κ3) is 2.65. The Morgan fingerprint density at radius 1 is 1.20 bits per heavy atom. The summed E-state index contributed by atoms with van der Waals surface area (Å²) in [6.45, 7) is 1.50. The van der Waals surface area contributed by atoms with Gasteiger partial charge in [0.05, 0.1) is 10.6 Å². The summed E-state index contributed by atoms with van der Waals surface area (Å²) in [6.07, 6.45) is -4.61. The summed E-state index contributed by atoms with van der Waals surface area (Å²) in [7, 11) is 0. The summed E-state index contributed by atoms with van der Waals surface area (Å²) in [5, 5.41) is 8.84. The van der Waals surface area contributed by atoms with Gasteiger partial charge in [0.15, 0.2) is 0 Å². The number of halogens is 4. The zero-order valence-corrected chi connectivity index (χ0v) is 11.0. The highest BCUT2D eigenvalue weighted by Crippen LogP contribution is 2.35. The lowest BCUT2D eigenvalue weighted by Gasteiger charge is -2.14. The first-order chi connectivity index (χ1) is 9.20. The average molecular weight is 304 g/mol. The molecule has 2 rings (SSSR count). The van der Waals surface area contributed by atoms with Crippen LogP contribution in [-0.4, -0.2) is 9.67 Å². The second-order valence-electron chi connectivity index (χ2n) is 4.19. The molecule has 1 heterocycles. The van der Waals surface area contributed by atoms with Crippen LogP contribution in [0.15, 0.2) is 35.1 Å². The topological polar surface area (TPSA) is 42.2 Å². The van der Waals surface area contributed by atoms with Crippen LogP contribution in [-0.2, 0) is 6.18 Å². The first kappa shape index (κ1) is 14.5. The van der Waals surface area contributed by atoms with Gasteiger partial charge >= 0.3 is 6.18 Å². The first-order valence-corrected chi connectivity index (χ1v) is 5.88. The van der Waals surface area contributed by atoms with Crippen LogP contribution in [0.3, 0.4) is 0 Å². The molecule has 2 aromatic rings. The van der Waals surface area contributed by atoms with Gasteiger partial charge in [-0.3, -0.25) is 9.36 Å². The van der Waals surface area contributed by atoms with Crippen LogP contribution >= 0.6 is 11.6 Å². The third-order valence-corrected chi connectivity index (χ3v) is 3.04. The Hall–Kier alpha value is -1.95. The quantitative estimate of drug-likeness (QED) is 0.876. The van der Waals surface area contributed by atoms with Crippen LogP contribution in [0.1, 0.15) is 11.3 Å². The average Bonchev–Trinajstić information content (AvgIpc) is 2.28. The van der Waals surface area contributed by atoms with Gasteiger partial charge in [0.2, 0.25) is 0 Å². The van der Waals surface area contributed by atoms with Gasteiger partial charge in [-0.1, -0.05) is 11.6 Å². The number of nitrogens with zero attached hydrogens (tertiary/aromatic N) is 1. The molecule has 0 bridgehead atoms. The van der Waals surface area contributed by atoms with E-state index in [4.69, 9.17) is 11.6 Å². The fourth-order valence-corrected chi connectivity index (χ4v) is 2.11. The van der Waals surface area contributed by atoms with Crippen LogP contribution in [0, 0.1) is 6.92 Å². The van der Waals surface area contributed by atoms with Crippen LogP contribution < -0.4 is 5.56 Å². The Morgan fingerprint density at radius 3 is 2.40 bits per heavy atom. The van der Waals surface area contributed by atoms with E-state index in [0.29, 0.717) is 5.69 Å². The molecule has 0 unspecified atom stereocenters. The van der Waals surface area contributed by atoms with Gasteiger partial charge in [-0.15, -0.1) is 0 Å². The molecule has 0 saturated carbocycles. The predicted molar refractivity (Wildman–Crippen MR) is 68.5 cm³/mol. The fraction of sp³-hybridized carbons (Fsp3) is 0.154. The molecule has 0 amide bonds. The van der Waals surface area contributed by atoms with Crippen molar-refractivity contribution in [3.05, 3.63) is 57.0 Å².